The van der Waals surface area contributed by atoms with Gasteiger partial charge in [-0.3, -0.25) is 4.79 Å². The maximum Gasteiger partial charge on any atom is 0.358 e. The van der Waals surface area contributed by atoms with Crippen LogP contribution in [0.5, 0.6) is 0 Å². The quantitative estimate of drug-likeness (QED) is 0.875. The smallest absolute Gasteiger partial charge is 0.358 e. The average Bonchev–Trinajstić information content (AvgIpc) is 3.16. The fourth-order valence-corrected chi connectivity index (χ4v) is 2.66. The molecule has 2 aromatic rings. The van der Waals surface area contributed by atoms with Gasteiger partial charge in [-0.15, -0.1) is 5.10 Å². The van der Waals surface area contributed by atoms with Gasteiger partial charge in [0.15, 0.2) is 5.69 Å². The van der Waals surface area contributed by atoms with E-state index in [1.807, 2.05) is 0 Å². The van der Waals surface area contributed by atoms with Crippen LogP contribution >= 0.6 is 0 Å². The molecule has 9 heteroatoms. The molecule has 23 heavy (non-hydrogen) atoms. The minimum Gasteiger partial charge on any atom is -0.476 e. The molecular formula is C14H16N6O3. The average molecular weight is 316 g/mol. The number of rotatable bonds is 3. The topological polar surface area (TPSA) is 114 Å². The number of aromatic nitrogens is 5. The van der Waals surface area contributed by atoms with E-state index in [1.54, 1.807) is 24.9 Å². The molecule has 2 aromatic heterocycles. The minimum atomic E-state index is -1.12. The molecule has 3 rings (SSSR count). The van der Waals surface area contributed by atoms with Crippen molar-refractivity contribution in [2.75, 3.05) is 13.1 Å². The summed E-state index contributed by atoms with van der Waals surface area (Å²) < 4.78 is 1.51. The van der Waals surface area contributed by atoms with E-state index in [1.165, 1.54) is 10.9 Å². The zero-order valence-corrected chi connectivity index (χ0v) is 12.8. The predicted octanol–water partition coefficient (Wildman–Crippen LogP) is 0.470. The van der Waals surface area contributed by atoms with Crippen molar-refractivity contribution in [3.8, 4) is 0 Å². The van der Waals surface area contributed by atoms with Crippen LogP contribution in [0.15, 0.2) is 12.4 Å². The van der Waals surface area contributed by atoms with E-state index >= 15 is 0 Å². The molecule has 1 N–H and O–H groups in total. The van der Waals surface area contributed by atoms with Crippen LogP contribution in [0.1, 0.15) is 44.8 Å². The zero-order chi connectivity index (χ0) is 16.6. The van der Waals surface area contributed by atoms with E-state index in [0.717, 1.165) is 0 Å². The third kappa shape index (κ3) is 2.89. The van der Waals surface area contributed by atoms with Gasteiger partial charge in [-0.25, -0.2) is 19.4 Å². The second-order valence-electron chi connectivity index (χ2n) is 5.50. The van der Waals surface area contributed by atoms with Crippen LogP contribution < -0.4 is 0 Å². The van der Waals surface area contributed by atoms with Crippen LogP contribution in [-0.4, -0.2) is 59.9 Å². The van der Waals surface area contributed by atoms with Gasteiger partial charge in [0, 0.05) is 19.3 Å². The Bertz CT molecular complexity index is 772. The predicted molar refractivity (Wildman–Crippen MR) is 78.0 cm³/mol. The highest BCUT2D eigenvalue weighted by atomic mass is 16.4. The van der Waals surface area contributed by atoms with Gasteiger partial charge in [0.25, 0.3) is 5.91 Å². The number of hydrogen-bond acceptors (Lipinski definition) is 6. The molecule has 0 bridgehead atoms. The number of aryl methyl sites for hydroxylation is 2. The molecule has 0 aliphatic carbocycles. The molecule has 1 atom stereocenters. The fraction of sp³-hybridized carbons (Fsp3) is 0.429. The van der Waals surface area contributed by atoms with Crippen molar-refractivity contribution in [2.45, 2.75) is 26.3 Å². The highest BCUT2D eigenvalue weighted by Crippen LogP contribution is 2.23. The Kier molecular flexibility index (Phi) is 3.77. The summed E-state index contributed by atoms with van der Waals surface area (Å²) in [4.78, 5) is 33.4. The van der Waals surface area contributed by atoms with E-state index in [2.05, 4.69) is 20.3 Å². The van der Waals surface area contributed by atoms with E-state index in [-0.39, 0.29) is 17.6 Å². The number of carbonyl (C=O) groups excluding carboxylic acids is 1. The second kappa shape index (κ2) is 5.75. The lowest BCUT2D eigenvalue weighted by molar-refractivity contribution is 0.0689. The number of aromatic carboxylic acids is 1. The number of likely N-dealkylation sites (tertiary alicyclic amines) is 1. The van der Waals surface area contributed by atoms with Crippen LogP contribution in [0, 0.1) is 13.8 Å². The van der Waals surface area contributed by atoms with Crippen molar-refractivity contribution in [1.82, 2.24) is 29.9 Å². The van der Waals surface area contributed by atoms with Crippen LogP contribution in [-0.2, 0) is 0 Å². The molecule has 120 valence electrons. The second-order valence-corrected chi connectivity index (χ2v) is 5.50. The lowest BCUT2D eigenvalue weighted by Crippen LogP contribution is -2.30. The number of carboxylic acids is 1. The van der Waals surface area contributed by atoms with Gasteiger partial charge in [0.2, 0.25) is 0 Å². The molecule has 1 aliphatic heterocycles. The van der Waals surface area contributed by atoms with Crippen molar-refractivity contribution in [2.24, 2.45) is 0 Å². The first kappa shape index (κ1) is 15.1. The molecule has 0 spiro atoms. The first-order valence-electron chi connectivity index (χ1n) is 7.20. The Morgan fingerprint density at radius 1 is 1.35 bits per heavy atom. The Morgan fingerprint density at radius 2 is 2.13 bits per heavy atom. The first-order valence-corrected chi connectivity index (χ1v) is 7.20. The molecule has 1 amide bonds. The van der Waals surface area contributed by atoms with E-state index < -0.39 is 5.97 Å². The van der Waals surface area contributed by atoms with Gasteiger partial charge in [-0.1, -0.05) is 5.21 Å². The van der Waals surface area contributed by atoms with Crippen molar-refractivity contribution in [3.05, 3.63) is 35.2 Å². The lowest BCUT2D eigenvalue weighted by atomic mass is 10.2. The van der Waals surface area contributed by atoms with Crippen molar-refractivity contribution < 1.29 is 14.7 Å². The third-order valence-electron chi connectivity index (χ3n) is 3.88. The lowest BCUT2D eigenvalue weighted by Gasteiger charge is -2.17. The highest BCUT2D eigenvalue weighted by Gasteiger charge is 2.30. The Labute approximate surface area is 132 Å². The van der Waals surface area contributed by atoms with Gasteiger partial charge in [-0.2, -0.15) is 0 Å². The number of amides is 1. The number of nitrogens with zero attached hydrogens (tertiary/aromatic N) is 6. The molecule has 1 unspecified atom stereocenters. The summed E-state index contributed by atoms with van der Waals surface area (Å²) in [5.74, 6) is -0.611. The molecule has 0 saturated carbocycles. The van der Waals surface area contributed by atoms with Crippen molar-refractivity contribution >= 4 is 11.9 Å². The molecule has 1 fully saturated rings. The van der Waals surface area contributed by atoms with E-state index in [4.69, 9.17) is 5.11 Å². The normalized spacial score (nSPS) is 17.5. The number of carboxylic acid groups (broad SMARTS) is 1. The summed E-state index contributed by atoms with van der Waals surface area (Å²) in [5.41, 5.74) is 1.04. The van der Waals surface area contributed by atoms with Gasteiger partial charge in [0.1, 0.15) is 5.82 Å². The van der Waals surface area contributed by atoms with Crippen LogP contribution in [0.2, 0.25) is 0 Å². The molecule has 1 saturated heterocycles. The van der Waals surface area contributed by atoms with Crippen LogP contribution in [0.4, 0.5) is 0 Å². The highest BCUT2D eigenvalue weighted by molar-refractivity contribution is 5.95. The van der Waals surface area contributed by atoms with Gasteiger partial charge in [0.05, 0.1) is 23.5 Å². The SMILES string of the molecule is Cc1ncc(C(=O)N2CCC(n3cc(C(=O)O)nn3)C2)c(C)n1. The van der Waals surface area contributed by atoms with E-state index in [9.17, 15) is 9.59 Å². The summed E-state index contributed by atoms with van der Waals surface area (Å²) in [6, 6.07) is -0.0776. The van der Waals surface area contributed by atoms with Crippen molar-refractivity contribution in [1.29, 1.82) is 0 Å². The maximum atomic E-state index is 12.6. The van der Waals surface area contributed by atoms with Crippen LogP contribution in [0.3, 0.4) is 0 Å². The molecule has 9 nitrogen and oxygen atoms in total. The number of hydrogen-bond donors (Lipinski definition) is 1. The molecular weight excluding hydrogens is 300 g/mol. The summed E-state index contributed by atoms with van der Waals surface area (Å²) >= 11 is 0. The third-order valence-corrected chi connectivity index (χ3v) is 3.88. The van der Waals surface area contributed by atoms with Gasteiger partial charge in [-0.05, 0) is 20.3 Å². The Morgan fingerprint density at radius 3 is 2.78 bits per heavy atom. The zero-order valence-electron chi connectivity index (χ0n) is 12.8. The van der Waals surface area contributed by atoms with Gasteiger partial charge < -0.3 is 10.0 Å². The summed E-state index contributed by atoms with van der Waals surface area (Å²) in [5, 5.41) is 16.3. The summed E-state index contributed by atoms with van der Waals surface area (Å²) in [6.07, 6.45) is 3.63. The minimum absolute atomic E-state index is 0.0776. The molecule has 1 aliphatic rings. The molecule has 0 aromatic carbocycles. The molecule has 3 heterocycles. The van der Waals surface area contributed by atoms with Crippen LogP contribution in [0.25, 0.3) is 0 Å². The summed E-state index contributed by atoms with van der Waals surface area (Å²) in [6.45, 7) is 4.58. The largest absolute Gasteiger partial charge is 0.476 e. The van der Waals surface area contributed by atoms with E-state index in [0.29, 0.717) is 36.6 Å². The molecule has 0 radical (unpaired) electrons. The van der Waals surface area contributed by atoms with Crippen molar-refractivity contribution in [3.63, 3.8) is 0 Å². The Balaban J connectivity index is 1.73. The van der Waals surface area contributed by atoms with Gasteiger partial charge >= 0.3 is 5.97 Å². The Hall–Kier alpha value is -2.84. The summed E-state index contributed by atoms with van der Waals surface area (Å²) in [7, 11) is 0. The maximum absolute atomic E-state index is 12.6. The first-order chi connectivity index (χ1) is 11.0. The fourth-order valence-electron chi connectivity index (χ4n) is 2.66. The number of carbonyl (C=O) groups is 2. The monoisotopic (exact) mass is 316 g/mol. The standard InChI is InChI=1S/C14H16N6O3/c1-8-11(5-15-9(2)16-8)13(21)19-4-3-10(6-19)20-7-12(14(22)23)17-18-20/h5,7,10H,3-4,6H2,1-2H3,(H,22,23).